The fraction of sp³-hybridized carbons (Fsp3) is 0.550. The smallest absolute Gasteiger partial charge is 0.276 e. The number of carbonyl (C=O) groups is 1. The Morgan fingerprint density at radius 1 is 1.25 bits per heavy atom. The zero-order valence-electron chi connectivity index (χ0n) is 16.8. The molecule has 2 heterocycles. The number of hydrogen-bond donors (Lipinski definition) is 1. The highest BCUT2D eigenvalue weighted by Crippen LogP contribution is 2.25. The van der Waals surface area contributed by atoms with Gasteiger partial charge in [-0.2, -0.15) is 9.90 Å². The summed E-state index contributed by atoms with van der Waals surface area (Å²) in [5, 5.41) is 8.90. The van der Waals surface area contributed by atoms with Crippen LogP contribution in [0, 0.1) is 12.8 Å². The summed E-state index contributed by atoms with van der Waals surface area (Å²) in [5.74, 6) is 1.04. The summed E-state index contributed by atoms with van der Waals surface area (Å²) in [5.41, 5.74) is 7.70. The molecule has 1 saturated heterocycles. The minimum Gasteiger partial charge on any atom is -0.491 e. The minimum absolute atomic E-state index is 0.0503. The lowest BCUT2D eigenvalue weighted by Crippen LogP contribution is -2.51. The van der Waals surface area contributed by atoms with Crippen LogP contribution in [0.25, 0.3) is 5.69 Å². The van der Waals surface area contributed by atoms with Gasteiger partial charge < -0.3 is 20.1 Å². The van der Waals surface area contributed by atoms with E-state index in [0.717, 1.165) is 24.3 Å². The fourth-order valence-corrected chi connectivity index (χ4v) is 3.61. The Kier molecular flexibility index (Phi) is 6.64. The predicted octanol–water partition coefficient (Wildman–Crippen LogP) is 1.80. The number of aromatic nitrogens is 3. The number of hydrogen-bond acceptors (Lipinski definition) is 6. The lowest BCUT2D eigenvalue weighted by molar-refractivity contribution is 0.0525. The molecule has 1 aliphatic heterocycles. The molecule has 0 saturated carbocycles. The quantitative estimate of drug-likeness (QED) is 0.728. The Balaban J connectivity index is 1.76. The molecule has 152 valence electrons. The first-order valence-electron chi connectivity index (χ1n) is 9.72. The molecule has 1 fully saturated rings. The Labute approximate surface area is 165 Å². The maximum atomic E-state index is 13.1. The van der Waals surface area contributed by atoms with Crippen LogP contribution >= 0.6 is 0 Å². The van der Waals surface area contributed by atoms with Crippen molar-refractivity contribution in [2.45, 2.75) is 32.7 Å². The van der Waals surface area contributed by atoms with Gasteiger partial charge in [-0.15, -0.1) is 5.10 Å². The third kappa shape index (κ3) is 4.34. The summed E-state index contributed by atoms with van der Waals surface area (Å²) in [4.78, 5) is 16.5. The third-order valence-electron chi connectivity index (χ3n) is 5.23. The first-order chi connectivity index (χ1) is 13.5. The highest BCUT2D eigenvalue weighted by molar-refractivity contribution is 5.93. The average Bonchev–Trinajstić information content (AvgIpc) is 3.09. The maximum Gasteiger partial charge on any atom is 0.276 e. The van der Waals surface area contributed by atoms with E-state index in [0.29, 0.717) is 43.6 Å². The summed E-state index contributed by atoms with van der Waals surface area (Å²) in [6.07, 6.45) is 2.08. The molecule has 3 rings (SSSR count). The van der Waals surface area contributed by atoms with E-state index < -0.39 is 0 Å². The van der Waals surface area contributed by atoms with Gasteiger partial charge in [0, 0.05) is 26.2 Å². The highest BCUT2D eigenvalue weighted by atomic mass is 16.5. The van der Waals surface area contributed by atoms with Gasteiger partial charge in [-0.25, -0.2) is 0 Å². The predicted molar refractivity (Wildman–Crippen MR) is 106 cm³/mol. The summed E-state index contributed by atoms with van der Waals surface area (Å²) < 4.78 is 10.5. The average molecular weight is 387 g/mol. The Morgan fingerprint density at radius 2 is 2.00 bits per heavy atom. The molecule has 1 aliphatic rings. The fourth-order valence-electron chi connectivity index (χ4n) is 3.61. The van der Waals surface area contributed by atoms with E-state index >= 15 is 0 Å². The second kappa shape index (κ2) is 9.16. The Hall–Kier alpha value is -2.45. The molecule has 1 aromatic carbocycles. The van der Waals surface area contributed by atoms with E-state index in [9.17, 15) is 4.79 Å². The summed E-state index contributed by atoms with van der Waals surface area (Å²) in [7, 11) is 1.64. The number of ether oxygens (including phenoxy) is 2. The van der Waals surface area contributed by atoms with Crippen LogP contribution in [0.2, 0.25) is 0 Å². The monoisotopic (exact) mass is 387 g/mol. The van der Waals surface area contributed by atoms with Crippen molar-refractivity contribution >= 4 is 5.91 Å². The van der Waals surface area contributed by atoms with Crippen molar-refractivity contribution in [2.75, 3.05) is 33.4 Å². The summed E-state index contributed by atoms with van der Waals surface area (Å²) in [6, 6.07) is 7.47. The molecule has 28 heavy (non-hydrogen) atoms. The van der Waals surface area contributed by atoms with Crippen molar-refractivity contribution in [1.29, 1.82) is 0 Å². The van der Waals surface area contributed by atoms with Crippen molar-refractivity contribution in [2.24, 2.45) is 11.7 Å². The lowest BCUT2D eigenvalue weighted by Gasteiger charge is -2.39. The lowest BCUT2D eigenvalue weighted by atomic mass is 9.90. The summed E-state index contributed by atoms with van der Waals surface area (Å²) >= 11 is 0. The van der Waals surface area contributed by atoms with Crippen LogP contribution in [0.4, 0.5) is 0 Å². The number of methoxy groups -OCH3 is 1. The van der Waals surface area contributed by atoms with Crippen LogP contribution in [-0.2, 0) is 4.74 Å². The largest absolute Gasteiger partial charge is 0.491 e. The van der Waals surface area contributed by atoms with Crippen LogP contribution in [0.1, 0.15) is 35.9 Å². The molecule has 0 radical (unpaired) electrons. The molecule has 0 aliphatic carbocycles. The molecule has 0 spiro atoms. The number of nitrogens with zero attached hydrogens (tertiary/aromatic N) is 4. The van der Waals surface area contributed by atoms with Crippen molar-refractivity contribution in [3.8, 4) is 11.4 Å². The zero-order valence-corrected chi connectivity index (χ0v) is 16.8. The zero-order chi connectivity index (χ0) is 20.1. The molecule has 1 aromatic heterocycles. The number of amides is 1. The van der Waals surface area contributed by atoms with Gasteiger partial charge in [-0.1, -0.05) is 6.92 Å². The normalized spacial score (nSPS) is 19.6. The number of likely N-dealkylation sites (tertiary alicyclic amines) is 1. The molecule has 0 unspecified atom stereocenters. The molecule has 2 aromatic rings. The van der Waals surface area contributed by atoms with Crippen LogP contribution in [0.3, 0.4) is 0 Å². The molecule has 2 atom stereocenters. The molecule has 8 heteroatoms. The van der Waals surface area contributed by atoms with Crippen molar-refractivity contribution in [3.63, 3.8) is 0 Å². The van der Waals surface area contributed by atoms with Crippen LogP contribution in [0.5, 0.6) is 5.75 Å². The molecular weight excluding hydrogens is 358 g/mol. The van der Waals surface area contributed by atoms with Gasteiger partial charge >= 0.3 is 0 Å². The van der Waals surface area contributed by atoms with E-state index in [4.69, 9.17) is 15.2 Å². The van der Waals surface area contributed by atoms with Crippen molar-refractivity contribution in [1.82, 2.24) is 19.9 Å². The maximum absolute atomic E-state index is 13.1. The number of benzene rings is 1. The molecule has 2 N–H and O–H groups in total. The SMILES string of the molecule is COCCOc1ccc(-n2nc(C)c(C(=O)N3CCC[C@H](C)[C@H]3CN)n2)cc1. The Morgan fingerprint density at radius 3 is 2.68 bits per heavy atom. The molecule has 8 nitrogen and oxygen atoms in total. The molecule has 0 bridgehead atoms. The number of nitrogens with two attached hydrogens (primary N) is 1. The third-order valence-corrected chi connectivity index (χ3v) is 5.23. The van der Waals surface area contributed by atoms with Gasteiger partial charge in [0.15, 0.2) is 5.69 Å². The highest BCUT2D eigenvalue weighted by Gasteiger charge is 2.33. The van der Waals surface area contributed by atoms with Crippen molar-refractivity contribution < 1.29 is 14.3 Å². The number of rotatable bonds is 7. The number of aryl methyl sites for hydroxylation is 1. The van der Waals surface area contributed by atoms with E-state index in [1.807, 2.05) is 36.1 Å². The van der Waals surface area contributed by atoms with Gasteiger partial charge in [0.1, 0.15) is 12.4 Å². The van der Waals surface area contributed by atoms with Gasteiger partial charge in [0.2, 0.25) is 0 Å². The van der Waals surface area contributed by atoms with Gasteiger partial charge in [-0.3, -0.25) is 4.79 Å². The molecule has 1 amide bonds. The van der Waals surface area contributed by atoms with Crippen LogP contribution in [-0.4, -0.2) is 65.3 Å². The van der Waals surface area contributed by atoms with Gasteiger partial charge in [0.05, 0.1) is 18.0 Å². The van der Waals surface area contributed by atoms with Gasteiger partial charge in [0.25, 0.3) is 5.91 Å². The summed E-state index contributed by atoms with van der Waals surface area (Å²) in [6.45, 7) is 6.16. The first kappa shape index (κ1) is 20.3. The number of carbonyl (C=O) groups excluding carboxylic acids is 1. The molecular formula is C20H29N5O3. The van der Waals surface area contributed by atoms with E-state index in [-0.39, 0.29) is 11.9 Å². The van der Waals surface area contributed by atoms with E-state index in [1.54, 1.807) is 7.11 Å². The minimum atomic E-state index is -0.0923. The van der Waals surface area contributed by atoms with Crippen molar-refractivity contribution in [3.05, 3.63) is 35.7 Å². The Bertz CT molecular complexity index is 790. The van der Waals surface area contributed by atoms with E-state index in [1.165, 1.54) is 4.80 Å². The number of piperidine rings is 1. The first-order valence-corrected chi connectivity index (χ1v) is 9.72. The topological polar surface area (TPSA) is 95.5 Å². The second-order valence-corrected chi connectivity index (χ2v) is 7.18. The van der Waals surface area contributed by atoms with Crippen LogP contribution in [0.15, 0.2) is 24.3 Å². The van der Waals surface area contributed by atoms with E-state index in [2.05, 4.69) is 17.1 Å². The second-order valence-electron chi connectivity index (χ2n) is 7.18. The standard InChI is InChI=1S/C20H29N5O3/c1-14-5-4-10-24(18(14)13-21)20(26)19-15(2)22-25(23-19)16-6-8-17(9-7-16)28-12-11-27-3/h6-9,14,18H,4-5,10-13,21H2,1-3H3/t14-,18+/m0/s1. The van der Waals surface area contributed by atoms with Crippen LogP contribution < -0.4 is 10.5 Å². The van der Waals surface area contributed by atoms with Gasteiger partial charge in [-0.05, 0) is 49.9 Å².